The monoisotopic (exact) mass is 465 g/mol. The first kappa shape index (κ1) is 20.6. The number of hydrogen-bond acceptors (Lipinski definition) is 5. The second kappa shape index (κ2) is 8.48. The van der Waals surface area contributed by atoms with Gasteiger partial charge in [0.05, 0.1) is 17.3 Å². The van der Waals surface area contributed by atoms with E-state index in [9.17, 15) is 15.3 Å². The van der Waals surface area contributed by atoms with Gasteiger partial charge in [-0.3, -0.25) is 9.36 Å². The summed E-state index contributed by atoms with van der Waals surface area (Å²) in [6, 6.07) is 15.0. The quantitative estimate of drug-likeness (QED) is 0.594. The molecule has 3 rings (SSSR count). The molecule has 0 fully saturated rings. The van der Waals surface area contributed by atoms with Crippen LogP contribution < -0.4 is 19.5 Å². The van der Waals surface area contributed by atoms with Gasteiger partial charge in [0.15, 0.2) is 5.57 Å². The summed E-state index contributed by atoms with van der Waals surface area (Å²) in [6.07, 6.45) is 1.72. The van der Waals surface area contributed by atoms with Crippen LogP contribution in [0.3, 0.4) is 0 Å². The fourth-order valence-electron chi connectivity index (χ4n) is 3.09. The number of thiazole rings is 1. The summed E-state index contributed by atoms with van der Waals surface area (Å²) in [4.78, 5) is 13.4. The van der Waals surface area contributed by atoms with Gasteiger partial charge in [-0.05, 0) is 49.2 Å². The minimum Gasteiger partial charge on any atom is -0.496 e. The van der Waals surface area contributed by atoms with Crippen molar-refractivity contribution in [1.29, 1.82) is 10.5 Å². The maximum Gasteiger partial charge on any atom is 0.273 e. The van der Waals surface area contributed by atoms with Crippen LogP contribution in [0.25, 0.3) is 17.3 Å². The molecule has 2 aromatic carbocycles. The number of aryl methyl sites for hydroxylation is 2. The number of halogens is 1. The third-order valence-electron chi connectivity index (χ3n) is 4.40. The molecular formula is C22H16BrN3O2S. The molecule has 0 N–H and O–H groups in total. The molecular weight excluding hydrogens is 450 g/mol. The van der Waals surface area contributed by atoms with Gasteiger partial charge in [-0.15, -0.1) is 11.3 Å². The molecule has 0 bridgehead atoms. The largest absolute Gasteiger partial charge is 0.496 e. The fraction of sp³-hybridized carbons (Fsp3) is 0.136. The van der Waals surface area contributed by atoms with Crippen LogP contribution in [0.5, 0.6) is 5.75 Å². The van der Waals surface area contributed by atoms with Crippen molar-refractivity contribution in [3.8, 4) is 23.6 Å². The highest BCUT2D eigenvalue weighted by molar-refractivity contribution is 9.10. The molecule has 0 aliphatic heterocycles. The SMILES string of the molecule is COc1ccc(Br)cc1C=c1sc(=C(C#N)C#N)n(-c2c(C)cccc2C)c1=O. The molecule has 144 valence electrons. The predicted molar refractivity (Wildman–Crippen MR) is 118 cm³/mol. The zero-order chi connectivity index (χ0) is 21.1. The first-order valence-electron chi connectivity index (χ1n) is 8.59. The first-order valence-corrected chi connectivity index (χ1v) is 10.2. The van der Waals surface area contributed by atoms with Gasteiger partial charge in [0.1, 0.15) is 22.6 Å². The van der Waals surface area contributed by atoms with E-state index in [-0.39, 0.29) is 11.1 Å². The molecule has 0 spiro atoms. The van der Waals surface area contributed by atoms with Crippen LogP contribution in [0.2, 0.25) is 0 Å². The molecule has 0 amide bonds. The van der Waals surface area contributed by atoms with E-state index >= 15 is 0 Å². The minimum atomic E-state index is -0.285. The highest BCUT2D eigenvalue weighted by Gasteiger charge is 2.15. The van der Waals surface area contributed by atoms with Crippen LogP contribution >= 0.6 is 27.3 Å². The second-order valence-corrected chi connectivity index (χ2v) is 8.23. The number of ether oxygens (including phenoxy) is 1. The minimum absolute atomic E-state index is 0.101. The number of rotatable bonds is 3. The van der Waals surface area contributed by atoms with Gasteiger partial charge in [-0.25, -0.2) is 0 Å². The van der Waals surface area contributed by atoms with E-state index in [0.717, 1.165) is 32.5 Å². The molecule has 0 aliphatic carbocycles. The molecule has 7 heteroatoms. The molecule has 1 aromatic heterocycles. The van der Waals surface area contributed by atoms with E-state index in [0.29, 0.717) is 20.6 Å². The lowest BCUT2D eigenvalue weighted by Gasteiger charge is -2.10. The smallest absolute Gasteiger partial charge is 0.273 e. The normalized spacial score (nSPS) is 11.0. The lowest BCUT2D eigenvalue weighted by molar-refractivity contribution is 0.414. The van der Waals surface area contributed by atoms with E-state index in [1.54, 1.807) is 19.3 Å². The molecule has 0 atom stereocenters. The molecule has 0 saturated heterocycles. The number of para-hydroxylation sites is 1. The Hall–Kier alpha value is -3.13. The highest BCUT2D eigenvalue weighted by atomic mass is 79.9. The number of hydrogen-bond donors (Lipinski definition) is 0. The van der Waals surface area contributed by atoms with Crippen LogP contribution in [0.15, 0.2) is 45.7 Å². The van der Waals surface area contributed by atoms with Crippen LogP contribution in [-0.2, 0) is 0 Å². The Morgan fingerprint density at radius 2 is 1.83 bits per heavy atom. The zero-order valence-electron chi connectivity index (χ0n) is 16.0. The molecule has 0 aliphatic rings. The summed E-state index contributed by atoms with van der Waals surface area (Å²) < 4.78 is 8.43. The van der Waals surface area contributed by atoms with Gasteiger partial charge in [0, 0.05) is 10.0 Å². The van der Waals surface area contributed by atoms with Crippen LogP contribution in [-0.4, -0.2) is 11.7 Å². The lowest BCUT2D eigenvalue weighted by Crippen LogP contribution is -2.31. The molecule has 0 radical (unpaired) electrons. The maximum atomic E-state index is 13.4. The van der Waals surface area contributed by atoms with Gasteiger partial charge in [-0.2, -0.15) is 10.5 Å². The van der Waals surface area contributed by atoms with Crippen molar-refractivity contribution in [3.63, 3.8) is 0 Å². The molecule has 3 aromatic rings. The predicted octanol–water partition coefficient (Wildman–Crippen LogP) is 3.31. The van der Waals surface area contributed by atoms with E-state index in [2.05, 4.69) is 15.9 Å². The summed E-state index contributed by atoms with van der Waals surface area (Å²) in [5.41, 5.74) is 2.78. The van der Waals surface area contributed by atoms with E-state index < -0.39 is 0 Å². The van der Waals surface area contributed by atoms with Gasteiger partial charge >= 0.3 is 0 Å². The van der Waals surface area contributed by atoms with Gasteiger partial charge in [-0.1, -0.05) is 34.1 Å². The summed E-state index contributed by atoms with van der Waals surface area (Å²) in [5, 5.41) is 18.9. The third kappa shape index (κ3) is 3.88. The molecule has 0 saturated carbocycles. The molecule has 1 heterocycles. The Bertz CT molecular complexity index is 1330. The third-order valence-corrected chi connectivity index (χ3v) is 5.99. The van der Waals surface area contributed by atoms with Crippen LogP contribution in [0, 0.1) is 36.5 Å². The van der Waals surface area contributed by atoms with E-state index in [1.165, 1.54) is 4.57 Å². The van der Waals surface area contributed by atoms with Crippen LogP contribution in [0.4, 0.5) is 0 Å². The van der Waals surface area contributed by atoms with E-state index in [4.69, 9.17) is 4.74 Å². The van der Waals surface area contributed by atoms with Gasteiger partial charge < -0.3 is 4.74 Å². The number of methoxy groups -OCH3 is 1. The van der Waals surface area contributed by atoms with Crippen molar-refractivity contribution in [1.82, 2.24) is 4.57 Å². The zero-order valence-corrected chi connectivity index (χ0v) is 18.4. The fourth-order valence-corrected chi connectivity index (χ4v) is 4.50. The van der Waals surface area contributed by atoms with Crippen molar-refractivity contribution in [2.75, 3.05) is 7.11 Å². The Morgan fingerprint density at radius 3 is 2.41 bits per heavy atom. The van der Waals surface area contributed by atoms with E-state index in [1.807, 2.05) is 56.3 Å². The molecule has 5 nitrogen and oxygen atoms in total. The number of nitrogens with zero attached hydrogens (tertiary/aromatic N) is 3. The average molecular weight is 466 g/mol. The Kier molecular flexibility index (Phi) is 6.03. The van der Waals surface area contributed by atoms with Crippen molar-refractivity contribution >= 4 is 38.9 Å². The standard InChI is InChI=1S/C22H16BrN3O2S/c1-13-5-4-6-14(2)20(13)26-21(27)19(29-22(26)16(11-24)12-25)10-15-9-17(23)7-8-18(15)28-3/h4-10H,1-3H3. The summed E-state index contributed by atoms with van der Waals surface area (Å²) in [5.74, 6) is 0.617. The van der Waals surface area contributed by atoms with Gasteiger partial charge in [0.2, 0.25) is 0 Å². The topological polar surface area (TPSA) is 78.8 Å². The number of aromatic nitrogens is 1. The van der Waals surface area contributed by atoms with Crippen LogP contribution in [0.1, 0.15) is 16.7 Å². The Labute approximate surface area is 180 Å². The highest BCUT2D eigenvalue weighted by Crippen LogP contribution is 2.23. The number of nitriles is 2. The van der Waals surface area contributed by atoms with Crippen molar-refractivity contribution in [2.24, 2.45) is 0 Å². The Morgan fingerprint density at radius 1 is 1.17 bits per heavy atom. The summed E-state index contributed by atoms with van der Waals surface area (Å²) in [7, 11) is 1.56. The van der Waals surface area contributed by atoms with Crippen molar-refractivity contribution in [3.05, 3.63) is 77.1 Å². The first-order chi connectivity index (χ1) is 13.9. The molecule has 29 heavy (non-hydrogen) atoms. The van der Waals surface area contributed by atoms with Crippen molar-refractivity contribution in [2.45, 2.75) is 13.8 Å². The maximum absolute atomic E-state index is 13.4. The second-order valence-electron chi connectivity index (χ2n) is 6.28. The van der Waals surface area contributed by atoms with Crippen molar-refractivity contribution < 1.29 is 4.74 Å². The Balaban J connectivity index is 2.49. The summed E-state index contributed by atoms with van der Waals surface area (Å²) in [6.45, 7) is 3.80. The average Bonchev–Trinajstić information content (AvgIpc) is 2.99. The van der Waals surface area contributed by atoms with Gasteiger partial charge in [0.25, 0.3) is 5.56 Å². The lowest BCUT2D eigenvalue weighted by atomic mass is 10.1. The summed E-state index contributed by atoms with van der Waals surface area (Å²) >= 11 is 4.55. The number of benzene rings is 2. The molecule has 0 unspecified atom stereocenters.